The Morgan fingerprint density at radius 1 is 1.50 bits per heavy atom. The van der Waals surface area contributed by atoms with E-state index in [9.17, 15) is 4.79 Å². The van der Waals surface area contributed by atoms with Gasteiger partial charge in [0.15, 0.2) is 0 Å². The lowest BCUT2D eigenvalue weighted by molar-refractivity contribution is 0.0951. The lowest BCUT2D eigenvalue weighted by Gasteiger charge is -2.07. The van der Waals surface area contributed by atoms with Crippen molar-refractivity contribution < 1.29 is 14.1 Å². The smallest absolute Gasteiger partial charge is 0.253 e. The van der Waals surface area contributed by atoms with Crippen molar-refractivity contribution in [3.8, 4) is 5.75 Å². The van der Waals surface area contributed by atoms with Gasteiger partial charge in [-0.15, -0.1) is 0 Å². The first-order valence-corrected chi connectivity index (χ1v) is 5.31. The highest BCUT2D eigenvalue weighted by molar-refractivity contribution is 5.99. The Morgan fingerprint density at radius 2 is 2.33 bits per heavy atom. The number of hydrogen-bond donors (Lipinski definition) is 2. The molecule has 0 aliphatic heterocycles. The summed E-state index contributed by atoms with van der Waals surface area (Å²) in [6.07, 6.45) is 1.45. The van der Waals surface area contributed by atoms with E-state index >= 15 is 0 Å². The second-order valence-electron chi connectivity index (χ2n) is 3.63. The Kier molecular flexibility index (Phi) is 3.47. The van der Waals surface area contributed by atoms with Crippen LogP contribution in [0.4, 0.5) is 5.69 Å². The molecule has 6 heteroatoms. The van der Waals surface area contributed by atoms with Crippen molar-refractivity contribution in [1.29, 1.82) is 0 Å². The SMILES string of the molecule is COc1ccc(C(=O)NCc2ccon2)c(N)c1. The van der Waals surface area contributed by atoms with Crippen LogP contribution in [0.25, 0.3) is 0 Å². The molecule has 18 heavy (non-hydrogen) atoms. The molecule has 0 spiro atoms. The molecule has 0 unspecified atom stereocenters. The highest BCUT2D eigenvalue weighted by Crippen LogP contribution is 2.19. The van der Waals surface area contributed by atoms with Crippen LogP contribution in [-0.2, 0) is 6.54 Å². The molecular weight excluding hydrogens is 234 g/mol. The molecule has 0 saturated heterocycles. The van der Waals surface area contributed by atoms with E-state index in [2.05, 4.69) is 15.0 Å². The fraction of sp³-hybridized carbons (Fsp3) is 0.167. The summed E-state index contributed by atoms with van der Waals surface area (Å²) >= 11 is 0. The van der Waals surface area contributed by atoms with E-state index in [1.54, 1.807) is 31.4 Å². The molecule has 2 aromatic rings. The van der Waals surface area contributed by atoms with E-state index in [0.29, 0.717) is 29.2 Å². The molecule has 0 atom stereocenters. The standard InChI is InChI=1S/C12H13N3O3/c1-17-9-2-3-10(11(13)6-9)12(16)14-7-8-4-5-18-15-8/h2-6H,7,13H2,1H3,(H,14,16). The van der Waals surface area contributed by atoms with Gasteiger partial charge in [-0.25, -0.2) is 0 Å². The number of benzene rings is 1. The van der Waals surface area contributed by atoms with Crippen molar-refractivity contribution in [3.05, 3.63) is 41.8 Å². The second kappa shape index (κ2) is 5.22. The van der Waals surface area contributed by atoms with Crippen LogP contribution in [0.2, 0.25) is 0 Å². The summed E-state index contributed by atoms with van der Waals surface area (Å²) in [5.41, 5.74) is 7.19. The summed E-state index contributed by atoms with van der Waals surface area (Å²) in [6, 6.07) is 6.58. The van der Waals surface area contributed by atoms with Crippen LogP contribution >= 0.6 is 0 Å². The number of anilines is 1. The van der Waals surface area contributed by atoms with Gasteiger partial charge in [0.2, 0.25) is 0 Å². The quantitative estimate of drug-likeness (QED) is 0.792. The van der Waals surface area contributed by atoms with E-state index in [0.717, 1.165) is 0 Å². The predicted octanol–water partition coefficient (Wildman–Crippen LogP) is 1.20. The zero-order valence-electron chi connectivity index (χ0n) is 9.84. The molecule has 0 saturated carbocycles. The normalized spacial score (nSPS) is 10.1. The van der Waals surface area contributed by atoms with Crippen LogP contribution in [0.5, 0.6) is 5.75 Å². The lowest BCUT2D eigenvalue weighted by atomic mass is 10.1. The molecule has 6 nitrogen and oxygen atoms in total. The van der Waals surface area contributed by atoms with Gasteiger partial charge in [0.1, 0.15) is 17.7 Å². The van der Waals surface area contributed by atoms with Crippen LogP contribution < -0.4 is 15.8 Å². The number of nitrogens with two attached hydrogens (primary N) is 1. The second-order valence-corrected chi connectivity index (χ2v) is 3.63. The molecule has 1 aromatic heterocycles. The van der Waals surface area contributed by atoms with Crippen LogP contribution in [0.3, 0.4) is 0 Å². The number of rotatable bonds is 4. The number of nitrogens with one attached hydrogen (secondary N) is 1. The summed E-state index contributed by atoms with van der Waals surface area (Å²) in [7, 11) is 1.54. The molecule has 2 rings (SSSR count). The first-order valence-electron chi connectivity index (χ1n) is 5.31. The van der Waals surface area contributed by atoms with Crippen molar-refractivity contribution in [3.63, 3.8) is 0 Å². The molecule has 3 N–H and O–H groups in total. The van der Waals surface area contributed by atoms with Gasteiger partial charge in [-0.2, -0.15) is 0 Å². The Labute approximate surface area is 104 Å². The minimum atomic E-state index is -0.266. The molecular formula is C12H13N3O3. The zero-order chi connectivity index (χ0) is 13.0. The van der Waals surface area contributed by atoms with Crippen molar-refractivity contribution in [2.45, 2.75) is 6.54 Å². The highest BCUT2D eigenvalue weighted by Gasteiger charge is 2.10. The fourth-order valence-corrected chi connectivity index (χ4v) is 1.47. The van der Waals surface area contributed by atoms with Gasteiger partial charge in [-0.3, -0.25) is 4.79 Å². The van der Waals surface area contributed by atoms with Crippen LogP contribution in [-0.4, -0.2) is 18.2 Å². The fourth-order valence-electron chi connectivity index (χ4n) is 1.47. The monoisotopic (exact) mass is 247 g/mol. The molecule has 1 aromatic carbocycles. The number of carbonyl (C=O) groups excluding carboxylic acids is 1. The van der Waals surface area contributed by atoms with Gasteiger partial charge in [-0.05, 0) is 12.1 Å². The number of carbonyl (C=O) groups is 1. The Morgan fingerprint density at radius 3 is 2.94 bits per heavy atom. The maximum atomic E-state index is 11.9. The van der Waals surface area contributed by atoms with Gasteiger partial charge in [-0.1, -0.05) is 5.16 Å². The van der Waals surface area contributed by atoms with Gasteiger partial charge in [0, 0.05) is 17.8 Å². The zero-order valence-corrected chi connectivity index (χ0v) is 9.84. The largest absolute Gasteiger partial charge is 0.497 e. The Balaban J connectivity index is 2.04. The van der Waals surface area contributed by atoms with Crippen molar-refractivity contribution in [2.75, 3.05) is 12.8 Å². The third-order valence-electron chi connectivity index (χ3n) is 2.42. The summed E-state index contributed by atoms with van der Waals surface area (Å²) in [5, 5.41) is 6.39. The van der Waals surface area contributed by atoms with E-state index in [1.165, 1.54) is 6.26 Å². The van der Waals surface area contributed by atoms with Crippen LogP contribution in [0, 0.1) is 0 Å². The molecule has 94 valence electrons. The van der Waals surface area contributed by atoms with Crippen LogP contribution in [0.15, 0.2) is 35.1 Å². The average Bonchev–Trinajstić information content (AvgIpc) is 2.88. The highest BCUT2D eigenvalue weighted by atomic mass is 16.5. The van der Waals surface area contributed by atoms with Crippen molar-refractivity contribution in [1.82, 2.24) is 10.5 Å². The van der Waals surface area contributed by atoms with E-state index in [4.69, 9.17) is 10.5 Å². The number of aromatic nitrogens is 1. The van der Waals surface area contributed by atoms with Crippen molar-refractivity contribution in [2.24, 2.45) is 0 Å². The summed E-state index contributed by atoms with van der Waals surface area (Å²) in [4.78, 5) is 11.9. The molecule has 0 radical (unpaired) electrons. The molecule has 0 bridgehead atoms. The van der Waals surface area contributed by atoms with Crippen LogP contribution in [0.1, 0.15) is 16.1 Å². The molecule has 1 heterocycles. The number of methoxy groups -OCH3 is 1. The minimum absolute atomic E-state index is 0.266. The third-order valence-corrected chi connectivity index (χ3v) is 2.42. The number of ether oxygens (including phenoxy) is 1. The Bertz CT molecular complexity index is 538. The summed E-state index contributed by atoms with van der Waals surface area (Å²) < 4.78 is 9.68. The third kappa shape index (κ3) is 2.60. The van der Waals surface area contributed by atoms with Gasteiger partial charge in [0.25, 0.3) is 5.91 Å². The summed E-state index contributed by atoms with van der Waals surface area (Å²) in [6.45, 7) is 0.292. The minimum Gasteiger partial charge on any atom is -0.497 e. The number of nitrogens with zero attached hydrogens (tertiary/aromatic N) is 1. The average molecular weight is 247 g/mol. The molecule has 1 amide bonds. The van der Waals surface area contributed by atoms with Gasteiger partial charge in [0.05, 0.1) is 19.2 Å². The predicted molar refractivity (Wildman–Crippen MR) is 65.1 cm³/mol. The maximum absolute atomic E-state index is 11.9. The van der Waals surface area contributed by atoms with Crippen molar-refractivity contribution >= 4 is 11.6 Å². The Hall–Kier alpha value is -2.50. The molecule has 0 aliphatic carbocycles. The molecule has 0 aliphatic rings. The lowest BCUT2D eigenvalue weighted by Crippen LogP contribution is -2.23. The topological polar surface area (TPSA) is 90.4 Å². The van der Waals surface area contributed by atoms with Gasteiger partial charge < -0.3 is 20.3 Å². The number of amides is 1. The molecule has 0 fully saturated rings. The van der Waals surface area contributed by atoms with E-state index in [1.807, 2.05) is 0 Å². The number of hydrogen-bond acceptors (Lipinski definition) is 5. The first-order chi connectivity index (χ1) is 8.70. The first kappa shape index (κ1) is 12.0. The van der Waals surface area contributed by atoms with E-state index < -0.39 is 0 Å². The maximum Gasteiger partial charge on any atom is 0.253 e. The summed E-state index contributed by atoms with van der Waals surface area (Å²) in [5.74, 6) is 0.346. The van der Waals surface area contributed by atoms with Gasteiger partial charge >= 0.3 is 0 Å². The van der Waals surface area contributed by atoms with E-state index in [-0.39, 0.29) is 5.91 Å². The number of nitrogen functional groups attached to an aromatic ring is 1.